The summed E-state index contributed by atoms with van der Waals surface area (Å²) in [7, 11) is 1.72. The molecule has 0 saturated carbocycles. The zero-order valence-corrected chi connectivity index (χ0v) is 10.6. The molecule has 1 heterocycles. The van der Waals surface area contributed by atoms with Crippen molar-refractivity contribution in [3.05, 3.63) is 59.9 Å². The van der Waals surface area contributed by atoms with Crippen molar-refractivity contribution in [2.24, 2.45) is 7.05 Å². The highest BCUT2D eigenvalue weighted by atomic mass is 16.1. The van der Waals surface area contributed by atoms with Crippen molar-refractivity contribution in [1.82, 2.24) is 15.0 Å². The number of hydrogen-bond donors (Lipinski definition) is 0. The predicted octanol–water partition coefficient (Wildman–Crippen LogP) is 2.39. The molecule has 3 rings (SSSR count). The van der Waals surface area contributed by atoms with Crippen molar-refractivity contribution in [1.29, 1.82) is 0 Å². The maximum absolute atomic E-state index is 12.1. The third-order valence-electron chi connectivity index (χ3n) is 3.18. The molecule has 3 aromatic rings. The molecule has 4 heteroatoms. The highest BCUT2D eigenvalue weighted by Crippen LogP contribution is 2.16. The molecule has 0 bridgehead atoms. The quantitative estimate of drug-likeness (QED) is 0.671. The molecule has 0 atom stereocenters. The first-order chi connectivity index (χ1) is 9.24. The minimum Gasteiger partial charge on any atom is -0.292 e. The summed E-state index contributed by atoms with van der Waals surface area (Å²) in [6.07, 6.45) is 1.87. The van der Waals surface area contributed by atoms with E-state index < -0.39 is 0 Å². The van der Waals surface area contributed by atoms with Crippen LogP contribution < -0.4 is 0 Å². The number of nitrogens with zero attached hydrogens (tertiary/aromatic N) is 3. The Morgan fingerprint density at radius 2 is 1.95 bits per heavy atom. The summed E-state index contributed by atoms with van der Waals surface area (Å²) in [6.45, 7) is 0. The number of ketones is 1. The lowest BCUT2D eigenvalue weighted by Gasteiger charge is -2.03. The third kappa shape index (κ3) is 2.25. The van der Waals surface area contributed by atoms with E-state index in [1.807, 2.05) is 24.3 Å². The summed E-state index contributed by atoms with van der Waals surface area (Å²) in [5, 5.41) is 9.83. The van der Waals surface area contributed by atoms with Gasteiger partial charge in [0.1, 0.15) is 5.69 Å². The predicted molar refractivity (Wildman–Crippen MR) is 73.0 cm³/mol. The van der Waals surface area contributed by atoms with E-state index in [-0.39, 0.29) is 5.78 Å². The second-order valence-electron chi connectivity index (χ2n) is 4.52. The Hall–Kier alpha value is -2.49. The Labute approximate surface area is 110 Å². The van der Waals surface area contributed by atoms with Gasteiger partial charge >= 0.3 is 0 Å². The minimum atomic E-state index is 0.0304. The van der Waals surface area contributed by atoms with Gasteiger partial charge in [-0.25, -0.2) is 4.68 Å². The Kier molecular flexibility index (Phi) is 2.83. The topological polar surface area (TPSA) is 47.8 Å². The Balaban J connectivity index is 1.89. The second-order valence-corrected chi connectivity index (χ2v) is 4.52. The van der Waals surface area contributed by atoms with Gasteiger partial charge < -0.3 is 0 Å². The molecular formula is C15H13N3O. The monoisotopic (exact) mass is 251 g/mol. The van der Waals surface area contributed by atoms with E-state index >= 15 is 0 Å². The molecule has 0 aliphatic heterocycles. The average molecular weight is 251 g/mol. The molecule has 94 valence electrons. The fourth-order valence-electron chi connectivity index (χ4n) is 2.17. The molecular weight excluding hydrogens is 238 g/mol. The fraction of sp³-hybridized carbons (Fsp3) is 0.133. The van der Waals surface area contributed by atoms with Gasteiger partial charge in [0.15, 0.2) is 5.78 Å². The van der Waals surface area contributed by atoms with Crippen LogP contribution in [0.3, 0.4) is 0 Å². The van der Waals surface area contributed by atoms with Crippen LogP contribution in [-0.4, -0.2) is 20.8 Å². The van der Waals surface area contributed by atoms with Crippen molar-refractivity contribution in [3.8, 4) is 0 Å². The maximum Gasteiger partial charge on any atom is 0.186 e. The van der Waals surface area contributed by atoms with Gasteiger partial charge in [-0.1, -0.05) is 47.7 Å². The fourth-order valence-corrected chi connectivity index (χ4v) is 2.17. The maximum atomic E-state index is 12.1. The number of aromatic nitrogens is 3. The number of fused-ring (bicyclic) bond motifs is 1. The smallest absolute Gasteiger partial charge is 0.186 e. The van der Waals surface area contributed by atoms with E-state index in [1.54, 1.807) is 7.05 Å². The molecule has 0 N–H and O–H groups in total. The number of benzene rings is 2. The van der Waals surface area contributed by atoms with Gasteiger partial charge in [0.05, 0.1) is 6.20 Å². The molecule has 0 spiro atoms. The SMILES string of the molecule is Cn1nncc1C(=O)Cc1ccc2ccccc2c1. The van der Waals surface area contributed by atoms with Crippen molar-refractivity contribution in [3.63, 3.8) is 0 Å². The minimum absolute atomic E-state index is 0.0304. The molecule has 1 aromatic heterocycles. The summed E-state index contributed by atoms with van der Waals surface area (Å²) < 4.78 is 1.50. The third-order valence-corrected chi connectivity index (χ3v) is 3.18. The molecule has 0 saturated heterocycles. The van der Waals surface area contributed by atoms with Crippen LogP contribution in [0.2, 0.25) is 0 Å². The highest BCUT2D eigenvalue weighted by Gasteiger charge is 2.11. The van der Waals surface area contributed by atoms with Crippen molar-refractivity contribution < 1.29 is 4.79 Å². The molecule has 4 nitrogen and oxygen atoms in total. The molecule has 0 radical (unpaired) electrons. The molecule has 2 aromatic carbocycles. The number of carbonyl (C=O) groups is 1. The lowest BCUT2D eigenvalue weighted by molar-refractivity contribution is 0.0984. The number of rotatable bonds is 3. The first-order valence-electron chi connectivity index (χ1n) is 6.09. The largest absolute Gasteiger partial charge is 0.292 e. The Morgan fingerprint density at radius 1 is 1.16 bits per heavy atom. The van der Waals surface area contributed by atoms with Gasteiger partial charge in [0.2, 0.25) is 0 Å². The lowest BCUT2D eigenvalue weighted by atomic mass is 10.0. The average Bonchev–Trinajstić information content (AvgIpc) is 2.85. The van der Waals surface area contributed by atoms with Crippen molar-refractivity contribution in [2.45, 2.75) is 6.42 Å². The highest BCUT2D eigenvalue weighted by molar-refractivity contribution is 5.96. The number of Topliss-reactive ketones (excluding diaryl/α,β-unsaturated/α-hetero) is 1. The van der Waals surface area contributed by atoms with Crippen molar-refractivity contribution in [2.75, 3.05) is 0 Å². The summed E-state index contributed by atoms with van der Waals surface area (Å²) in [6, 6.07) is 14.2. The molecule has 0 aliphatic carbocycles. The summed E-state index contributed by atoms with van der Waals surface area (Å²) >= 11 is 0. The van der Waals surface area contributed by atoms with Gasteiger partial charge in [-0.05, 0) is 16.3 Å². The molecule has 0 fully saturated rings. The van der Waals surface area contributed by atoms with Gasteiger partial charge in [-0.15, -0.1) is 5.10 Å². The molecule has 19 heavy (non-hydrogen) atoms. The summed E-state index contributed by atoms with van der Waals surface area (Å²) in [4.78, 5) is 12.1. The van der Waals surface area contributed by atoms with Crippen LogP contribution in [0.15, 0.2) is 48.7 Å². The zero-order valence-electron chi connectivity index (χ0n) is 10.6. The summed E-state index contributed by atoms with van der Waals surface area (Å²) in [5.41, 5.74) is 1.54. The van der Waals surface area contributed by atoms with Crippen LogP contribution in [0.25, 0.3) is 10.8 Å². The lowest BCUT2D eigenvalue weighted by Crippen LogP contribution is -2.09. The number of hydrogen-bond acceptors (Lipinski definition) is 3. The van der Waals surface area contributed by atoms with E-state index in [4.69, 9.17) is 0 Å². The van der Waals surface area contributed by atoms with E-state index in [0.29, 0.717) is 12.1 Å². The normalized spacial score (nSPS) is 10.8. The first kappa shape index (κ1) is 11.6. The van der Waals surface area contributed by atoms with E-state index in [1.165, 1.54) is 16.3 Å². The zero-order chi connectivity index (χ0) is 13.2. The Bertz CT molecular complexity index is 746. The number of carbonyl (C=O) groups excluding carboxylic acids is 1. The number of aryl methyl sites for hydroxylation is 1. The molecule has 0 unspecified atom stereocenters. The van der Waals surface area contributed by atoms with E-state index in [9.17, 15) is 4.79 Å². The van der Waals surface area contributed by atoms with Crippen LogP contribution in [0, 0.1) is 0 Å². The van der Waals surface area contributed by atoms with Crippen LogP contribution >= 0.6 is 0 Å². The van der Waals surface area contributed by atoms with Gasteiger partial charge in [-0.2, -0.15) is 0 Å². The summed E-state index contributed by atoms with van der Waals surface area (Å²) in [5.74, 6) is 0.0304. The Morgan fingerprint density at radius 3 is 2.68 bits per heavy atom. The standard InChI is InChI=1S/C15H13N3O/c1-18-14(10-16-17-18)15(19)9-11-6-7-12-4-2-3-5-13(12)8-11/h2-8,10H,9H2,1H3. The first-order valence-corrected chi connectivity index (χ1v) is 6.09. The van der Waals surface area contributed by atoms with E-state index in [0.717, 1.165) is 10.9 Å². The second kappa shape index (κ2) is 4.65. The van der Waals surface area contributed by atoms with Crippen LogP contribution in [0.4, 0.5) is 0 Å². The van der Waals surface area contributed by atoms with Crippen LogP contribution in [0.5, 0.6) is 0 Å². The van der Waals surface area contributed by atoms with Crippen molar-refractivity contribution >= 4 is 16.6 Å². The van der Waals surface area contributed by atoms with Gasteiger partial charge in [0.25, 0.3) is 0 Å². The van der Waals surface area contributed by atoms with E-state index in [2.05, 4.69) is 28.5 Å². The molecule has 0 amide bonds. The van der Waals surface area contributed by atoms with Gasteiger partial charge in [0, 0.05) is 13.5 Å². The van der Waals surface area contributed by atoms with Crippen LogP contribution in [0.1, 0.15) is 16.1 Å². The molecule has 0 aliphatic rings. The van der Waals surface area contributed by atoms with Crippen LogP contribution in [-0.2, 0) is 13.5 Å². The van der Waals surface area contributed by atoms with Gasteiger partial charge in [-0.3, -0.25) is 4.79 Å².